The number of sulfonamides is 1. The second kappa shape index (κ2) is 7.86. The van der Waals surface area contributed by atoms with Crippen molar-refractivity contribution < 1.29 is 13.2 Å². The third-order valence-electron chi connectivity index (χ3n) is 8.65. The molecule has 4 fully saturated rings. The number of rotatable bonds is 5. The fourth-order valence-corrected chi connectivity index (χ4v) is 9.09. The van der Waals surface area contributed by atoms with Crippen LogP contribution in [0, 0.1) is 23.7 Å². The lowest BCUT2D eigenvalue weighted by Gasteiger charge is -2.57. The monoisotopic (exact) mass is 464 g/mol. The smallest absolute Gasteiger partial charge is 0.264 e. The molecule has 6 heteroatoms. The molecule has 4 saturated carbocycles. The molecule has 5 nitrogen and oxygen atoms in total. The fraction of sp³-hybridized carbons (Fsp3) is 0.519. The van der Waals surface area contributed by atoms with Crippen LogP contribution in [0.25, 0.3) is 0 Å². The fourth-order valence-electron chi connectivity index (χ4n) is 7.54. The van der Waals surface area contributed by atoms with Crippen molar-refractivity contribution in [1.82, 2.24) is 4.90 Å². The summed E-state index contributed by atoms with van der Waals surface area (Å²) in [4.78, 5) is 16.0. The molecule has 0 aromatic heterocycles. The van der Waals surface area contributed by atoms with Crippen molar-refractivity contribution in [1.29, 1.82) is 0 Å². The second-order valence-electron chi connectivity index (χ2n) is 10.5. The number of hydrogen-bond donors (Lipinski definition) is 0. The van der Waals surface area contributed by atoms with Gasteiger partial charge in [-0.1, -0.05) is 24.3 Å². The maximum absolute atomic E-state index is 13.7. The van der Waals surface area contributed by atoms with E-state index >= 15 is 0 Å². The zero-order valence-corrected chi connectivity index (χ0v) is 20.0. The number of nitrogens with zero attached hydrogens (tertiary/aromatic N) is 2. The van der Waals surface area contributed by atoms with Gasteiger partial charge in [0.2, 0.25) is 0 Å². The van der Waals surface area contributed by atoms with Crippen LogP contribution in [0.2, 0.25) is 0 Å². The molecule has 0 N–H and O–H groups in total. The van der Waals surface area contributed by atoms with E-state index in [0.717, 1.165) is 23.1 Å². The molecule has 2 aromatic carbocycles. The van der Waals surface area contributed by atoms with Gasteiger partial charge in [-0.15, -0.1) is 0 Å². The van der Waals surface area contributed by atoms with Crippen molar-refractivity contribution in [3.63, 3.8) is 0 Å². The van der Waals surface area contributed by atoms with Crippen molar-refractivity contribution >= 4 is 21.6 Å². The van der Waals surface area contributed by atoms with Gasteiger partial charge in [-0.2, -0.15) is 0 Å². The van der Waals surface area contributed by atoms with E-state index in [2.05, 4.69) is 11.8 Å². The summed E-state index contributed by atoms with van der Waals surface area (Å²) in [6.45, 7) is 3.17. The van der Waals surface area contributed by atoms with E-state index in [1.54, 1.807) is 24.3 Å². The normalized spacial score (nSPS) is 29.8. The third kappa shape index (κ3) is 3.40. The number of carbonyl (C=O) groups excluding carboxylic acids is 1. The van der Waals surface area contributed by atoms with E-state index in [0.29, 0.717) is 43.0 Å². The highest BCUT2D eigenvalue weighted by molar-refractivity contribution is 7.92. The van der Waals surface area contributed by atoms with Crippen LogP contribution < -0.4 is 4.31 Å². The summed E-state index contributed by atoms with van der Waals surface area (Å²) in [5.74, 6) is 2.91. The molecule has 0 atom stereocenters. The Kier molecular flexibility index (Phi) is 5.05. The summed E-state index contributed by atoms with van der Waals surface area (Å²) < 4.78 is 28.5. The van der Waals surface area contributed by atoms with E-state index in [1.165, 1.54) is 36.4 Å². The molecule has 0 saturated heterocycles. The highest BCUT2D eigenvalue weighted by Crippen LogP contribution is 2.55. The number of hydrogen-bond acceptors (Lipinski definition) is 3. The summed E-state index contributed by atoms with van der Waals surface area (Å²) in [7, 11) is -3.72. The summed E-state index contributed by atoms with van der Waals surface area (Å²) in [6, 6.07) is 14.7. The lowest BCUT2D eigenvalue weighted by Crippen LogP contribution is -2.57. The Morgan fingerprint density at radius 1 is 0.970 bits per heavy atom. The van der Waals surface area contributed by atoms with E-state index in [-0.39, 0.29) is 10.8 Å². The van der Waals surface area contributed by atoms with Crippen molar-refractivity contribution in [2.24, 2.45) is 23.7 Å². The molecule has 0 radical (unpaired) electrons. The molecule has 33 heavy (non-hydrogen) atoms. The standard InChI is InChI=1S/C27H32N2O3S/c1-2-28(26-22-13-18-12-19(15-22)16-23(26)14-18)27(30)21-7-5-8-24(17-21)33(31,32)29-11-10-20-6-3-4-9-25(20)29/h3-9,17-19,22-23,26H,2,10-16H2,1H3. The zero-order valence-electron chi connectivity index (χ0n) is 19.2. The Morgan fingerprint density at radius 2 is 1.67 bits per heavy atom. The number of anilines is 1. The zero-order chi connectivity index (χ0) is 22.7. The quantitative estimate of drug-likeness (QED) is 0.643. The number of fused-ring (bicyclic) bond motifs is 1. The van der Waals surface area contributed by atoms with Crippen LogP contribution >= 0.6 is 0 Å². The van der Waals surface area contributed by atoms with Gasteiger partial charge in [-0.25, -0.2) is 8.42 Å². The van der Waals surface area contributed by atoms with E-state index in [1.807, 2.05) is 24.3 Å². The Bertz CT molecular complexity index is 1160. The Labute approximate surface area is 196 Å². The van der Waals surface area contributed by atoms with Crippen LogP contribution in [0.5, 0.6) is 0 Å². The molecule has 1 heterocycles. The first-order valence-electron chi connectivity index (χ1n) is 12.5. The number of carbonyl (C=O) groups is 1. The summed E-state index contributed by atoms with van der Waals surface area (Å²) in [6.07, 6.45) is 7.12. The van der Waals surface area contributed by atoms with Crippen LogP contribution in [-0.2, 0) is 16.4 Å². The largest absolute Gasteiger partial charge is 0.335 e. The molecule has 1 amide bonds. The van der Waals surface area contributed by atoms with Crippen molar-refractivity contribution in [3.05, 3.63) is 59.7 Å². The Balaban J connectivity index is 1.29. The summed E-state index contributed by atoms with van der Waals surface area (Å²) in [5.41, 5.74) is 2.28. The summed E-state index contributed by atoms with van der Waals surface area (Å²) >= 11 is 0. The van der Waals surface area contributed by atoms with Gasteiger partial charge in [0.15, 0.2) is 0 Å². The van der Waals surface area contributed by atoms with Gasteiger partial charge in [0.05, 0.1) is 10.6 Å². The number of amides is 1. The SMILES string of the molecule is CCN(C(=O)c1cccc(S(=O)(=O)N2CCc3ccccc32)c1)C1C2CC3CC(C2)CC1C3. The van der Waals surface area contributed by atoms with Gasteiger partial charge >= 0.3 is 0 Å². The van der Waals surface area contributed by atoms with Gasteiger partial charge in [-0.05, 0) is 98.9 Å². The van der Waals surface area contributed by atoms with E-state index < -0.39 is 10.0 Å². The van der Waals surface area contributed by atoms with Crippen LogP contribution in [0.3, 0.4) is 0 Å². The first-order chi connectivity index (χ1) is 16.0. The van der Waals surface area contributed by atoms with Crippen molar-refractivity contribution in [2.75, 3.05) is 17.4 Å². The summed E-state index contributed by atoms with van der Waals surface area (Å²) in [5, 5.41) is 0. The molecule has 4 aliphatic carbocycles. The minimum Gasteiger partial charge on any atom is -0.335 e. The highest BCUT2D eigenvalue weighted by atomic mass is 32.2. The lowest BCUT2D eigenvalue weighted by molar-refractivity contribution is -0.0543. The van der Waals surface area contributed by atoms with Gasteiger partial charge in [0, 0.05) is 24.7 Å². The highest BCUT2D eigenvalue weighted by Gasteiger charge is 2.50. The first-order valence-corrected chi connectivity index (χ1v) is 13.9. The molecular weight excluding hydrogens is 432 g/mol. The van der Waals surface area contributed by atoms with E-state index in [9.17, 15) is 13.2 Å². The average molecular weight is 465 g/mol. The first kappa shape index (κ1) is 21.2. The van der Waals surface area contributed by atoms with Crippen molar-refractivity contribution in [2.45, 2.75) is 56.4 Å². The maximum atomic E-state index is 13.7. The van der Waals surface area contributed by atoms with Gasteiger partial charge in [-0.3, -0.25) is 9.10 Å². The molecular formula is C27H32N2O3S. The predicted octanol–water partition coefficient (Wildman–Crippen LogP) is 4.72. The van der Waals surface area contributed by atoms with Gasteiger partial charge in [0.1, 0.15) is 0 Å². The molecule has 2 aromatic rings. The minimum atomic E-state index is -3.72. The van der Waals surface area contributed by atoms with Gasteiger partial charge < -0.3 is 4.90 Å². The van der Waals surface area contributed by atoms with Crippen LogP contribution in [0.4, 0.5) is 5.69 Å². The van der Waals surface area contributed by atoms with Crippen LogP contribution in [-0.4, -0.2) is 38.4 Å². The molecule has 5 aliphatic rings. The third-order valence-corrected chi connectivity index (χ3v) is 10.5. The molecule has 7 rings (SSSR count). The average Bonchev–Trinajstić information content (AvgIpc) is 3.26. The van der Waals surface area contributed by atoms with Crippen molar-refractivity contribution in [3.8, 4) is 0 Å². The molecule has 4 bridgehead atoms. The van der Waals surface area contributed by atoms with Crippen LogP contribution in [0.1, 0.15) is 54.9 Å². The molecule has 1 aliphatic heterocycles. The second-order valence-corrected chi connectivity index (χ2v) is 12.4. The lowest BCUT2D eigenvalue weighted by atomic mass is 9.54. The number of para-hydroxylation sites is 1. The van der Waals surface area contributed by atoms with Gasteiger partial charge in [0.25, 0.3) is 15.9 Å². The van der Waals surface area contributed by atoms with E-state index in [4.69, 9.17) is 0 Å². The molecule has 0 spiro atoms. The minimum absolute atomic E-state index is 0.0196. The molecule has 0 unspecified atom stereocenters. The Morgan fingerprint density at radius 3 is 2.36 bits per heavy atom. The predicted molar refractivity (Wildman–Crippen MR) is 129 cm³/mol. The van der Waals surface area contributed by atoms with Crippen LogP contribution in [0.15, 0.2) is 53.4 Å². The number of benzene rings is 2. The Hall–Kier alpha value is -2.34. The topological polar surface area (TPSA) is 57.7 Å². The maximum Gasteiger partial charge on any atom is 0.264 e. The molecule has 174 valence electrons.